The van der Waals surface area contributed by atoms with Crippen LogP contribution in [0.25, 0.3) is 0 Å². The van der Waals surface area contributed by atoms with Crippen LogP contribution in [0, 0.1) is 23.7 Å². The Hall–Kier alpha value is -1.45. The van der Waals surface area contributed by atoms with Crippen molar-refractivity contribution >= 4 is 18.1 Å². The van der Waals surface area contributed by atoms with Crippen LogP contribution < -0.4 is 0 Å². The summed E-state index contributed by atoms with van der Waals surface area (Å²) in [5.74, 6) is 0.539. The summed E-state index contributed by atoms with van der Waals surface area (Å²) < 4.78 is 0. The molecule has 2 bridgehead atoms. The van der Waals surface area contributed by atoms with Gasteiger partial charge >= 0.3 is 0 Å². The molecule has 0 radical (unpaired) electrons. The molecule has 4 atom stereocenters. The normalized spacial score (nSPS) is 35.3. The van der Waals surface area contributed by atoms with Crippen LogP contribution >= 0.6 is 0 Å². The lowest BCUT2D eigenvalue weighted by Crippen LogP contribution is -2.33. The largest absolute Gasteiger partial charge is 0.303 e. The van der Waals surface area contributed by atoms with E-state index in [0.717, 1.165) is 32.0 Å². The predicted molar refractivity (Wildman–Crippen MR) is 69.0 cm³/mol. The van der Waals surface area contributed by atoms with Gasteiger partial charge in [-0.3, -0.25) is 14.5 Å². The lowest BCUT2D eigenvalue weighted by molar-refractivity contribution is -0.140. The number of carbonyl (C=O) groups is 3. The Balaban J connectivity index is 1.58. The van der Waals surface area contributed by atoms with Gasteiger partial charge in [0, 0.05) is 13.0 Å². The molecule has 1 heterocycles. The smallest absolute Gasteiger partial charge is 0.233 e. The summed E-state index contributed by atoms with van der Waals surface area (Å²) in [5, 5.41) is 0. The first-order chi connectivity index (χ1) is 9.24. The van der Waals surface area contributed by atoms with Gasteiger partial charge in [-0.1, -0.05) is 18.6 Å². The van der Waals surface area contributed by atoms with Crippen molar-refractivity contribution in [1.82, 2.24) is 4.90 Å². The molecule has 2 fully saturated rings. The number of hydrogen-bond acceptors (Lipinski definition) is 3. The molecule has 0 N–H and O–H groups in total. The highest BCUT2D eigenvalue weighted by Crippen LogP contribution is 2.52. The lowest BCUT2D eigenvalue weighted by Gasteiger charge is -2.16. The van der Waals surface area contributed by atoms with Crippen LogP contribution in [0.4, 0.5) is 0 Å². The van der Waals surface area contributed by atoms with Crippen molar-refractivity contribution in [2.75, 3.05) is 6.54 Å². The highest BCUT2D eigenvalue weighted by Gasteiger charge is 2.58. The number of amides is 2. The third-order valence-corrected chi connectivity index (χ3v) is 4.77. The van der Waals surface area contributed by atoms with Crippen molar-refractivity contribution in [2.45, 2.75) is 32.1 Å². The molecule has 4 nitrogen and oxygen atoms in total. The minimum Gasteiger partial charge on any atom is -0.303 e. The van der Waals surface area contributed by atoms with Gasteiger partial charge in [0.15, 0.2) is 0 Å². The van der Waals surface area contributed by atoms with Crippen LogP contribution in [0.3, 0.4) is 0 Å². The SMILES string of the molecule is O=CCCCCCN1C(=O)[C@@H]2[C@H](C1=O)[C@H]1C=C[C@@H]2C1. The van der Waals surface area contributed by atoms with Gasteiger partial charge in [-0.2, -0.15) is 0 Å². The van der Waals surface area contributed by atoms with Crippen molar-refractivity contribution in [3.63, 3.8) is 0 Å². The maximum atomic E-state index is 12.3. The predicted octanol–water partition coefficient (Wildman–Crippen LogP) is 1.55. The Morgan fingerprint density at radius 3 is 2.26 bits per heavy atom. The zero-order valence-electron chi connectivity index (χ0n) is 11.0. The second kappa shape index (κ2) is 4.91. The number of fused-ring (bicyclic) bond motifs is 5. The summed E-state index contributed by atoms with van der Waals surface area (Å²) in [6, 6.07) is 0. The van der Waals surface area contributed by atoms with Crippen LogP contribution in [-0.2, 0) is 14.4 Å². The fraction of sp³-hybridized carbons (Fsp3) is 0.667. The van der Waals surface area contributed by atoms with Crippen molar-refractivity contribution in [2.24, 2.45) is 23.7 Å². The summed E-state index contributed by atoms with van der Waals surface area (Å²) in [5.41, 5.74) is 0. The molecule has 2 amide bonds. The third kappa shape index (κ3) is 1.94. The second-order valence-corrected chi connectivity index (χ2v) is 5.84. The van der Waals surface area contributed by atoms with Crippen LogP contribution in [-0.4, -0.2) is 29.5 Å². The van der Waals surface area contributed by atoms with Crippen molar-refractivity contribution < 1.29 is 14.4 Å². The number of aldehydes is 1. The standard InChI is InChI=1S/C15H19NO3/c17-8-4-2-1-3-7-16-14(18)12-10-5-6-11(9-10)13(12)15(16)19/h5-6,8,10-13H,1-4,7,9H2/t10-,11+,12+,13-. The first kappa shape index (κ1) is 12.6. The lowest BCUT2D eigenvalue weighted by atomic mass is 9.85. The fourth-order valence-corrected chi connectivity index (χ4v) is 3.86. The summed E-state index contributed by atoms with van der Waals surface area (Å²) in [6.07, 6.45) is 9.26. The number of carbonyl (C=O) groups excluding carboxylic acids is 3. The van der Waals surface area contributed by atoms with Crippen LogP contribution in [0.15, 0.2) is 12.2 Å². The van der Waals surface area contributed by atoms with Crippen LogP contribution in [0.1, 0.15) is 32.1 Å². The molecular weight excluding hydrogens is 242 g/mol. The average Bonchev–Trinajstić information content (AvgIpc) is 3.06. The van der Waals surface area contributed by atoms with E-state index in [1.807, 2.05) is 0 Å². The van der Waals surface area contributed by atoms with Gasteiger partial charge < -0.3 is 4.79 Å². The average molecular weight is 261 g/mol. The van der Waals surface area contributed by atoms with Gasteiger partial charge in [0.25, 0.3) is 0 Å². The van der Waals surface area contributed by atoms with E-state index >= 15 is 0 Å². The van der Waals surface area contributed by atoms with E-state index in [4.69, 9.17) is 0 Å². The van der Waals surface area contributed by atoms with Crippen molar-refractivity contribution in [3.05, 3.63) is 12.2 Å². The molecule has 102 valence electrons. The van der Waals surface area contributed by atoms with E-state index < -0.39 is 0 Å². The molecule has 4 heteroatoms. The van der Waals surface area contributed by atoms with E-state index in [-0.39, 0.29) is 23.7 Å². The number of rotatable bonds is 6. The van der Waals surface area contributed by atoms with Gasteiger partial charge in [-0.05, 0) is 31.1 Å². The van der Waals surface area contributed by atoms with Crippen LogP contribution in [0.5, 0.6) is 0 Å². The molecule has 1 aliphatic heterocycles. The maximum Gasteiger partial charge on any atom is 0.233 e. The Morgan fingerprint density at radius 2 is 1.68 bits per heavy atom. The number of unbranched alkanes of at least 4 members (excludes halogenated alkanes) is 3. The zero-order valence-corrected chi connectivity index (χ0v) is 11.0. The third-order valence-electron chi connectivity index (χ3n) is 4.77. The molecule has 3 rings (SSSR count). The molecule has 0 spiro atoms. The van der Waals surface area contributed by atoms with E-state index in [9.17, 15) is 14.4 Å². The molecular formula is C15H19NO3. The molecule has 1 saturated carbocycles. The molecule has 0 aromatic rings. The zero-order chi connectivity index (χ0) is 13.4. The Kier molecular flexibility index (Phi) is 3.25. The molecule has 2 aliphatic carbocycles. The molecule has 3 aliphatic rings. The minimum absolute atomic E-state index is 0.0437. The number of likely N-dealkylation sites (tertiary alicyclic amines) is 1. The summed E-state index contributed by atoms with van der Waals surface area (Å²) >= 11 is 0. The quantitative estimate of drug-likeness (QED) is 0.315. The van der Waals surface area contributed by atoms with Gasteiger partial charge in [0.2, 0.25) is 11.8 Å². The maximum absolute atomic E-state index is 12.3. The topological polar surface area (TPSA) is 54.5 Å². The highest BCUT2D eigenvalue weighted by atomic mass is 16.2. The molecule has 0 unspecified atom stereocenters. The first-order valence-corrected chi connectivity index (χ1v) is 7.21. The summed E-state index contributed by atoms with van der Waals surface area (Å²) in [4.78, 5) is 36.3. The minimum atomic E-state index is -0.0718. The number of nitrogens with zero attached hydrogens (tertiary/aromatic N) is 1. The van der Waals surface area contributed by atoms with Gasteiger partial charge in [0.05, 0.1) is 11.8 Å². The molecule has 19 heavy (non-hydrogen) atoms. The van der Waals surface area contributed by atoms with E-state index in [1.54, 1.807) is 0 Å². The number of imide groups is 1. The van der Waals surface area contributed by atoms with Crippen molar-refractivity contribution in [3.8, 4) is 0 Å². The van der Waals surface area contributed by atoms with Crippen LogP contribution in [0.2, 0.25) is 0 Å². The number of allylic oxidation sites excluding steroid dienone is 2. The first-order valence-electron chi connectivity index (χ1n) is 7.21. The van der Waals surface area contributed by atoms with Gasteiger partial charge in [0.1, 0.15) is 6.29 Å². The molecule has 0 aromatic carbocycles. The van der Waals surface area contributed by atoms with Crippen molar-refractivity contribution in [1.29, 1.82) is 0 Å². The fourth-order valence-electron chi connectivity index (χ4n) is 3.86. The highest BCUT2D eigenvalue weighted by molar-refractivity contribution is 6.06. The van der Waals surface area contributed by atoms with Gasteiger partial charge in [-0.25, -0.2) is 0 Å². The second-order valence-electron chi connectivity index (χ2n) is 5.84. The Bertz CT molecular complexity index is 413. The number of hydrogen-bond donors (Lipinski definition) is 0. The molecule has 0 aromatic heterocycles. The Labute approximate surface area is 112 Å². The monoisotopic (exact) mass is 261 g/mol. The van der Waals surface area contributed by atoms with E-state index in [2.05, 4.69) is 12.2 Å². The summed E-state index contributed by atoms with van der Waals surface area (Å²) in [6.45, 7) is 0.531. The summed E-state index contributed by atoms with van der Waals surface area (Å²) in [7, 11) is 0. The van der Waals surface area contributed by atoms with Gasteiger partial charge in [-0.15, -0.1) is 0 Å². The Morgan fingerprint density at radius 1 is 1.05 bits per heavy atom. The van der Waals surface area contributed by atoms with E-state index in [0.29, 0.717) is 24.8 Å². The molecule has 1 saturated heterocycles. The van der Waals surface area contributed by atoms with E-state index in [1.165, 1.54) is 4.90 Å².